The summed E-state index contributed by atoms with van der Waals surface area (Å²) in [6.07, 6.45) is 0. The standard InChI is InChI=1S/C13H17ClN4O2/c14-9-3-1-2-4-10(9)17-12(19)8-18-6-5-16-7-11(18)13(15)20/h1-4,11,16H,5-8H2,(H2,15,20)(H,17,19). The number of piperazine rings is 1. The Labute approximate surface area is 122 Å². The molecule has 1 saturated heterocycles. The van der Waals surface area contributed by atoms with Gasteiger partial charge in [-0.05, 0) is 12.1 Å². The Hall–Kier alpha value is -1.63. The van der Waals surface area contributed by atoms with Crippen LogP contribution in [0.25, 0.3) is 0 Å². The zero-order chi connectivity index (χ0) is 14.5. The van der Waals surface area contributed by atoms with Crippen LogP contribution in [0.15, 0.2) is 24.3 Å². The van der Waals surface area contributed by atoms with E-state index >= 15 is 0 Å². The third-order valence-corrected chi connectivity index (χ3v) is 3.51. The average molecular weight is 297 g/mol. The van der Waals surface area contributed by atoms with Crippen LogP contribution in [0, 0.1) is 0 Å². The normalized spacial score (nSPS) is 19.6. The highest BCUT2D eigenvalue weighted by Crippen LogP contribution is 2.20. The minimum atomic E-state index is -0.458. The summed E-state index contributed by atoms with van der Waals surface area (Å²) < 4.78 is 0. The molecule has 1 heterocycles. The monoisotopic (exact) mass is 296 g/mol. The van der Waals surface area contributed by atoms with Gasteiger partial charge in [-0.1, -0.05) is 23.7 Å². The number of nitrogens with zero attached hydrogens (tertiary/aromatic N) is 1. The van der Waals surface area contributed by atoms with Crippen LogP contribution >= 0.6 is 11.6 Å². The lowest BCUT2D eigenvalue weighted by Crippen LogP contribution is -2.58. The molecular weight excluding hydrogens is 280 g/mol. The maximum absolute atomic E-state index is 12.0. The molecule has 0 spiro atoms. The zero-order valence-corrected chi connectivity index (χ0v) is 11.7. The maximum atomic E-state index is 12.0. The molecule has 20 heavy (non-hydrogen) atoms. The number of nitrogens with one attached hydrogen (secondary N) is 2. The predicted octanol–water partition coefficient (Wildman–Crippen LogP) is 0.0376. The second-order valence-corrected chi connectivity index (χ2v) is 5.03. The highest BCUT2D eigenvalue weighted by atomic mass is 35.5. The van der Waals surface area contributed by atoms with Gasteiger partial charge in [-0.15, -0.1) is 0 Å². The molecule has 1 fully saturated rings. The molecule has 1 aliphatic rings. The topological polar surface area (TPSA) is 87.5 Å². The van der Waals surface area contributed by atoms with E-state index in [4.69, 9.17) is 17.3 Å². The molecule has 1 unspecified atom stereocenters. The van der Waals surface area contributed by atoms with Crippen LogP contribution in [0.5, 0.6) is 0 Å². The van der Waals surface area contributed by atoms with Crippen molar-refractivity contribution in [3.8, 4) is 0 Å². The fourth-order valence-electron chi connectivity index (χ4n) is 2.15. The molecule has 108 valence electrons. The number of para-hydroxylation sites is 1. The number of benzene rings is 1. The number of carbonyl (C=O) groups is 2. The SMILES string of the molecule is NC(=O)C1CNCCN1CC(=O)Nc1ccccc1Cl. The first-order valence-electron chi connectivity index (χ1n) is 6.36. The van der Waals surface area contributed by atoms with Gasteiger partial charge in [0.1, 0.15) is 6.04 Å². The number of nitrogens with two attached hydrogens (primary N) is 1. The lowest BCUT2D eigenvalue weighted by molar-refractivity contribution is -0.125. The van der Waals surface area contributed by atoms with E-state index in [2.05, 4.69) is 10.6 Å². The van der Waals surface area contributed by atoms with E-state index in [9.17, 15) is 9.59 Å². The zero-order valence-electron chi connectivity index (χ0n) is 10.9. The Morgan fingerprint density at radius 3 is 2.90 bits per heavy atom. The van der Waals surface area contributed by atoms with Crippen molar-refractivity contribution in [1.29, 1.82) is 0 Å². The summed E-state index contributed by atoms with van der Waals surface area (Å²) in [7, 11) is 0. The highest BCUT2D eigenvalue weighted by Gasteiger charge is 2.28. The molecule has 0 aliphatic carbocycles. The minimum Gasteiger partial charge on any atom is -0.368 e. The molecule has 2 rings (SSSR count). The number of hydrogen-bond acceptors (Lipinski definition) is 4. The Morgan fingerprint density at radius 1 is 1.45 bits per heavy atom. The van der Waals surface area contributed by atoms with Gasteiger partial charge in [0.25, 0.3) is 0 Å². The van der Waals surface area contributed by atoms with E-state index in [1.807, 2.05) is 0 Å². The second kappa shape index (κ2) is 6.69. The number of primary amides is 1. The van der Waals surface area contributed by atoms with E-state index in [0.29, 0.717) is 23.8 Å². The Balaban J connectivity index is 1.96. The summed E-state index contributed by atoms with van der Waals surface area (Å²) >= 11 is 5.98. The number of rotatable bonds is 4. The van der Waals surface area contributed by atoms with Crippen molar-refractivity contribution in [2.45, 2.75) is 6.04 Å². The third-order valence-electron chi connectivity index (χ3n) is 3.18. The molecule has 0 saturated carbocycles. The summed E-state index contributed by atoms with van der Waals surface area (Å²) in [5.41, 5.74) is 5.90. The van der Waals surface area contributed by atoms with Gasteiger partial charge in [-0.25, -0.2) is 0 Å². The van der Waals surface area contributed by atoms with Crippen molar-refractivity contribution in [2.75, 3.05) is 31.5 Å². The molecule has 0 radical (unpaired) electrons. The van der Waals surface area contributed by atoms with Gasteiger partial charge in [0, 0.05) is 19.6 Å². The van der Waals surface area contributed by atoms with Gasteiger partial charge in [0.05, 0.1) is 17.3 Å². The van der Waals surface area contributed by atoms with Crippen molar-refractivity contribution < 1.29 is 9.59 Å². The molecule has 1 aromatic carbocycles. The molecule has 6 nitrogen and oxygen atoms in total. The van der Waals surface area contributed by atoms with Crippen molar-refractivity contribution >= 4 is 29.1 Å². The van der Waals surface area contributed by atoms with E-state index in [0.717, 1.165) is 6.54 Å². The summed E-state index contributed by atoms with van der Waals surface area (Å²) in [5, 5.41) is 6.29. The Morgan fingerprint density at radius 2 is 2.20 bits per heavy atom. The third kappa shape index (κ3) is 3.69. The summed E-state index contributed by atoms with van der Waals surface area (Å²) in [6, 6.07) is 6.55. The van der Waals surface area contributed by atoms with Crippen LogP contribution < -0.4 is 16.4 Å². The minimum absolute atomic E-state index is 0.112. The number of carbonyl (C=O) groups excluding carboxylic acids is 2. The first-order valence-corrected chi connectivity index (χ1v) is 6.74. The number of hydrogen-bond donors (Lipinski definition) is 3. The molecule has 2 amide bonds. The average Bonchev–Trinajstić information content (AvgIpc) is 2.41. The summed E-state index contributed by atoms with van der Waals surface area (Å²) in [6.45, 7) is 1.90. The van der Waals surface area contributed by atoms with Crippen molar-refractivity contribution in [3.63, 3.8) is 0 Å². The molecule has 4 N–H and O–H groups in total. The summed E-state index contributed by atoms with van der Waals surface area (Å²) in [5.74, 6) is -0.644. The molecule has 1 aromatic rings. The molecule has 1 atom stereocenters. The quantitative estimate of drug-likeness (QED) is 0.732. The van der Waals surface area contributed by atoms with E-state index < -0.39 is 11.9 Å². The molecular formula is C13H17ClN4O2. The predicted molar refractivity (Wildman–Crippen MR) is 77.5 cm³/mol. The number of halogens is 1. The van der Waals surface area contributed by atoms with Crippen LogP contribution in [-0.2, 0) is 9.59 Å². The fraction of sp³-hybridized carbons (Fsp3) is 0.385. The van der Waals surface area contributed by atoms with Gasteiger partial charge >= 0.3 is 0 Å². The molecule has 7 heteroatoms. The van der Waals surface area contributed by atoms with Gasteiger partial charge < -0.3 is 16.4 Å². The Bertz CT molecular complexity index is 509. The lowest BCUT2D eigenvalue weighted by Gasteiger charge is -2.33. The van der Waals surface area contributed by atoms with E-state index in [-0.39, 0.29) is 12.5 Å². The smallest absolute Gasteiger partial charge is 0.238 e. The lowest BCUT2D eigenvalue weighted by atomic mass is 10.2. The first kappa shape index (κ1) is 14.8. The molecule has 0 aromatic heterocycles. The fourth-order valence-corrected chi connectivity index (χ4v) is 2.34. The van der Waals surface area contributed by atoms with E-state index in [1.54, 1.807) is 29.2 Å². The van der Waals surface area contributed by atoms with Gasteiger partial charge in [0.15, 0.2) is 0 Å². The van der Waals surface area contributed by atoms with Crippen LogP contribution in [0.1, 0.15) is 0 Å². The van der Waals surface area contributed by atoms with Gasteiger partial charge in [0.2, 0.25) is 11.8 Å². The second-order valence-electron chi connectivity index (χ2n) is 4.62. The van der Waals surface area contributed by atoms with Crippen molar-refractivity contribution in [2.24, 2.45) is 5.73 Å². The van der Waals surface area contributed by atoms with Crippen LogP contribution in [-0.4, -0.2) is 48.9 Å². The van der Waals surface area contributed by atoms with Gasteiger partial charge in [-0.2, -0.15) is 0 Å². The van der Waals surface area contributed by atoms with Crippen molar-refractivity contribution in [3.05, 3.63) is 29.3 Å². The summed E-state index contributed by atoms with van der Waals surface area (Å²) in [4.78, 5) is 25.1. The van der Waals surface area contributed by atoms with Gasteiger partial charge in [-0.3, -0.25) is 14.5 Å². The first-order chi connectivity index (χ1) is 9.58. The van der Waals surface area contributed by atoms with Crippen LogP contribution in [0.4, 0.5) is 5.69 Å². The highest BCUT2D eigenvalue weighted by molar-refractivity contribution is 6.33. The molecule has 1 aliphatic heterocycles. The van der Waals surface area contributed by atoms with Crippen LogP contribution in [0.3, 0.4) is 0 Å². The number of amides is 2. The van der Waals surface area contributed by atoms with E-state index in [1.165, 1.54) is 0 Å². The molecule has 0 bridgehead atoms. The number of anilines is 1. The van der Waals surface area contributed by atoms with Crippen molar-refractivity contribution in [1.82, 2.24) is 10.2 Å². The largest absolute Gasteiger partial charge is 0.368 e. The maximum Gasteiger partial charge on any atom is 0.238 e. The Kier molecular flexibility index (Phi) is 4.94. The van der Waals surface area contributed by atoms with Crippen LogP contribution in [0.2, 0.25) is 5.02 Å².